The van der Waals surface area contributed by atoms with Gasteiger partial charge in [-0.1, -0.05) is 86.1 Å². The number of amides is 1. The Balaban J connectivity index is 1.80. The lowest BCUT2D eigenvalue weighted by atomic mass is 9.94. The number of ketones is 1. The van der Waals surface area contributed by atoms with E-state index in [-0.39, 0.29) is 11.7 Å². The van der Waals surface area contributed by atoms with Crippen LogP contribution in [-0.4, -0.2) is 17.7 Å². The molecule has 3 aromatic carbocycles. The molecular weight excluding hydrogens is 358 g/mol. The first-order valence-electron chi connectivity index (χ1n) is 10.2. The van der Waals surface area contributed by atoms with Crippen LogP contribution in [0.15, 0.2) is 84.9 Å². The highest BCUT2D eigenvalue weighted by Crippen LogP contribution is 2.15. The molecule has 1 amide bonds. The quantitative estimate of drug-likeness (QED) is 0.575. The highest BCUT2D eigenvalue weighted by atomic mass is 16.2. The molecule has 0 aliphatic rings. The van der Waals surface area contributed by atoms with Gasteiger partial charge >= 0.3 is 0 Å². The number of hydrogen-bond acceptors (Lipinski definition) is 2. The number of carbonyl (C=O) groups is 2. The lowest BCUT2D eigenvalue weighted by molar-refractivity contribution is -0.120. The number of nitrogens with one attached hydrogen (secondary N) is 1. The Bertz CT molecular complexity index is 935. The molecule has 1 unspecified atom stereocenters. The minimum absolute atomic E-state index is 0.0293. The summed E-state index contributed by atoms with van der Waals surface area (Å²) in [5.74, 6) is -0.191. The van der Waals surface area contributed by atoms with Crippen molar-refractivity contribution in [1.29, 1.82) is 0 Å². The van der Waals surface area contributed by atoms with Gasteiger partial charge in [0.25, 0.3) is 5.91 Å². The Labute approximate surface area is 172 Å². The second-order valence-corrected chi connectivity index (χ2v) is 7.24. The van der Waals surface area contributed by atoms with E-state index < -0.39 is 6.04 Å². The van der Waals surface area contributed by atoms with Gasteiger partial charge in [-0.15, -0.1) is 0 Å². The molecule has 148 valence electrons. The fourth-order valence-corrected chi connectivity index (χ4v) is 3.48. The first-order chi connectivity index (χ1) is 14.2. The van der Waals surface area contributed by atoms with E-state index in [9.17, 15) is 9.59 Å². The molecule has 3 nitrogen and oxygen atoms in total. The van der Waals surface area contributed by atoms with Crippen LogP contribution in [-0.2, 0) is 24.1 Å². The van der Waals surface area contributed by atoms with Crippen molar-refractivity contribution in [2.24, 2.45) is 0 Å². The summed E-state index contributed by atoms with van der Waals surface area (Å²) in [6.45, 7) is 2.14. The molecular formula is C26H27NO2. The Morgan fingerprint density at radius 1 is 0.793 bits per heavy atom. The molecule has 0 aromatic heterocycles. The zero-order chi connectivity index (χ0) is 20.5. The average molecular weight is 386 g/mol. The molecule has 3 heteroatoms. The predicted molar refractivity (Wildman–Crippen MR) is 117 cm³/mol. The van der Waals surface area contributed by atoms with Crippen molar-refractivity contribution in [3.8, 4) is 0 Å². The van der Waals surface area contributed by atoms with Crippen LogP contribution < -0.4 is 5.32 Å². The topological polar surface area (TPSA) is 46.2 Å². The highest BCUT2D eigenvalue weighted by Gasteiger charge is 2.22. The van der Waals surface area contributed by atoms with Gasteiger partial charge in [-0.3, -0.25) is 9.59 Å². The molecule has 0 saturated heterocycles. The Hall–Kier alpha value is -3.20. The standard InChI is InChI=1S/C26H27NO2/c1-2-11-21-14-9-10-17-23(21)19-25(28)24(18-20-12-5-3-6-13-20)27-26(29)22-15-7-4-8-16-22/h3-10,12-17,24H,2,11,18-19H2,1H3,(H,27,29). The van der Waals surface area contributed by atoms with Crippen LogP contribution >= 0.6 is 0 Å². The summed E-state index contributed by atoms with van der Waals surface area (Å²) >= 11 is 0. The van der Waals surface area contributed by atoms with Crippen molar-refractivity contribution in [2.45, 2.75) is 38.6 Å². The molecule has 29 heavy (non-hydrogen) atoms. The van der Waals surface area contributed by atoms with Gasteiger partial charge < -0.3 is 5.32 Å². The number of Topliss-reactive ketones (excluding diaryl/α,β-unsaturated/α-hetero) is 1. The minimum atomic E-state index is -0.570. The van der Waals surface area contributed by atoms with E-state index in [1.54, 1.807) is 12.1 Å². The molecule has 0 saturated carbocycles. The predicted octanol–water partition coefficient (Wildman–Crippen LogP) is 4.79. The molecule has 1 N–H and O–H groups in total. The third-order valence-electron chi connectivity index (χ3n) is 5.02. The lowest BCUT2D eigenvalue weighted by Gasteiger charge is -2.19. The van der Waals surface area contributed by atoms with E-state index in [4.69, 9.17) is 0 Å². The zero-order valence-electron chi connectivity index (χ0n) is 16.8. The molecule has 3 rings (SSSR count). The summed E-state index contributed by atoms with van der Waals surface area (Å²) in [5.41, 5.74) is 3.84. The molecule has 0 heterocycles. The van der Waals surface area contributed by atoms with E-state index in [0.717, 1.165) is 24.0 Å². The number of rotatable bonds is 9. The summed E-state index contributed by atoms with van der Waals surface area (Å²) in [6.07, 6.45) is 2.78. The van der Waals surface area contributed by atoms with Crippen LogP contribution in [0.25, 0.3) is 0 Å². The monoisotopic (exact) mass is 385 g/mol. The number of benzene rings is 3. The van der Waals surface area contributed by atoms with Gasteiger partial charge in [-0.25, -0.2) is 0 Å². The van der Waals surface area contributed by atoms with E-state index in [1.807, 2.05) is 66.7 Å². The van der Waals surface area contributed by atoms with Crippen molar-refractivity contribution in [3.63, 3.8) is 0 Å². The maximum Gasteiger partial charge on any atom is 0.251 e. The number of hydrogen-bond donors (Lipinski definition) is 1. The number of carbonyl (C=O) groups excluding carboxylic acids is 2. The van der Waals surface area contributed by atoms with Crippen LogP contribution in [0.2, 0.25) is 0 Å². The molecule has 0 bridgehead atoms. The van der Waals surface area contributed by atoms with Gasteiger partial charge in [0.15, 0.2) is 5.78 Å². The van der Waals surface area contributed by atoms with Crippen LogP contribution in [0.5, 0.6) is 0 Å². The first-order valence-corrected chi connectivity index (χ1v) is 10.2. The number of aryl methyl sites for hydroxylation is 1. The van der Waals surface area contributed by atoms with Gasteiger partial charge in [0.2, 0.25) is 0 Å². The zero-order valence-corrected chi connectivity index (χ0v) is 16.8. The summed E-state index contributed by atoms with van der Waals surface area (Å²) < 4.78 is 0. The van der Waals surface area contributed by atoms with Gasteiger partial charge in [0.05, 0.1) is 6.04 Å². The van der Waals surface area contributed by atoms with Crippen LogP contribution in [0.3, 0.4) is 0 Å². The Morgan fingerprint density at radius 3 is 2.03 bits per heavy atom. The van der Waals surface area contributed by atoms with Crippen molar-refractivity contribution in [2.75, 3.05) is 0 Å². The maximum absolute atomic E-state index is 13.2. The average Bonchev–Trinajstić information content (AvgIpc) is 2.76. The van der Waals surface area contributed by atoms with Gasteiger partial charge in [0, 0.05) is 12.0 Å². The normalized spacial score (nSPS) is 11.6. The Kier molecular flexibility index (Phi) is 7.34. The summed E-state index contributed by atoms with van der Waals surface area (Å²) in [5, 5.41) is 2.96. The SMILES string of the molecule is CCCc1ccccc1CC(=O)C(Cc1ccccc1)NC(=O)c1ccccc1. The summed E-state index contributed by atoms with van der Waals surface area (Å²) in [4.78, 5) is 25.9. The lowest BCUT2D eigenvalue weighted by Crippen LogP contribution is -2.43. The summed E-state index contributed by atoms with van der Waals surface area (Å²) in [7, 11) is 0. The molecule has 3 aromatic rings. The third kappa shape index (κ3) is 5.89. The highest BCUT2D eigenvalue weighted by molar-refractivity contribution is 5.98. The molecule has 0 aliphatic heterocycles. The summed E-state index contributed by atoms with van der Waals surface area (Å²) in [6, 6.07) is 26.4. The minimum Gasteiger partial charge on any atom is -0.342 e. The fraction of sp³-hybridized carbons (Fsp3) is 0.231. The van der Waals surface area contributed by atoms with E-state index in [0.29, 0.717) is 18.4 Å². The molecule has 0 radical (unpaired) electrons. The van der Waals surface area contributed by atoms with Gasteiger partial charge in [0.1, 0.15) is 0 Å². The molecule has 0 spiro atoms. The van der Waals surface area contributed by atoms with Crippen LogP contribution in [0.1, 0.15) is 40.4 Å². The van der Waals surface area contributed by atoms with E-state index in [2.05, 4.69) is 18.3 Å². The van der Waals surface area contributed by atoms with E-state index >= 15 is 0 Å². The van der Waals surface area contributed by atoms with Gasteiger partial charge in [-0.05, 0) is 41.7 Å². The van der Waals surface area contributed by atoms with Gasteiger partial charge in [-0.2, -0.15) is 0 Å². The molecule has 0 aliphatic carbocycles. The second kappa shape index (κ2) is 10.4. The Morgan fingerprint density at radius 2 is 1.38 bits per heavy atom. The molecule has 0 fully saturated rings. The van der Waals surface area contributed by atoms with Crippen molar-refractivity contribution >= 4 is 11.7 Å². The van der Waals surface area contributed by atoms with Crippen molar-refractivity contribution < 1.29 is 9.59 Å². The van der Waals surface area contributed by atoms with Crippen LogP contribution in [0.4, 0.5) is 0 Å². The largest absolute Gasteiger partial charge is 0.342 e. The van der Waals surface area contributed by atoms with Crippen molar-refractivity contribution in [1.82, 2.24) is 5.32 Å². The van der Waals surface area contributed by atoms with Crippen molar-refractivity contribution in [3.05, 3.63) is 107 Å². The second-order valence-electron chi connectivity index (χ2n) is 7.24. The third-order valence-corrected chi connectivity index (χ3v) is 5.02. The van der Waals surface area contributed by atoms with Crippen LogP contribution in [0, 0.1) is 0 Å². The first kappa shape index (κ1) is 20.5. The smallest absolute Gasteiger partial charge is 0.251 e. The maximum atomic E-state index is 13.2. The fourth-order valence-electron chi connectivity index (χ4n) is 3.48. The molecule has 1 atom stereocenters. The van der Waals surface area contributed by atoms with E-state index in [1.165, 1.54) is 5.56 Å².